The molecule has 1 heterocycles. The molecule has 2 rings (SSSR count). The van der Waals surface area contributed by atoms with Gasteiger partial charge in [0.05, 0.1) is 18.2 Å². The van der Waals surface area contributed by atoms with Gasteiger partial charge in [0.2, 0.25) is 0 Å². The van der Waals surface area contributed by atoms with Gasteiger partial charge < -0.3 is 0 Å². The molecule has 0 fully saturated rings. The fourth-order valence-electron chi connectivity index (χ4n) is 1.36. The number of benzene rings is 1. The van der Waals surface area contributed by atoms with Gasteiger partial charge in [-0.25, -0.2) is 4.68 Å². The first kappa shape index (κ1) is 10.1. The van der Waals surface area contributed by atoms with Crippen LogP contribution < -0.4 is 5.56 Å². The third-order valence-corrected chi connectivity index (χ3v) is 2.20. The van der Waals surface area contributed by atoms with E-state index in [0.717, 1.165) is 5.56 Å². The predicted molar refractivity (Wildman–Crippen MR) is 58.8 cm³/mol. The van der Waals surface area contributed by atoms with Gasteiger partial charge in [0.1, 0.15) is 0 Å². The largest absolute Gasteiger partial charge is 0.268 e. The molecule has 0 aliphatic heterocycles. The van der Waals surface area contributed by atoms with E-state index in [1.165, 1.54) is 10.7 Å². The number of rotatable bonds is 2. The van der Waals surface area contributed by atoms with E-state index in [4.69, 9.17) is 5.26 Å². The second-order valence-corrected chi connectivity index (χ2v) is 3.33. The topological polar surface area (TPSA) is 58.7 Å². The van der Waals surface area contributed by atoms with Crippen molar-refractivity contribution in [1.29, 1.82) is 5.26 Å². The summed E-state index contributed by atoms with van der Waals surface area (Å²) in [4.78, 5) is 11.4. The lowest BCUT2D eigenvalue weighted by atomic mass is 10.1. The molecule has 0 atom stereocenters. The maximum Gasteiger partial charge on any atom is 0.267 e. The van der Waals surface area contributed by atoms with Crippen molar-refractivity contribution in [3.05, 3.63) is 64.1 Å². The number of nitriles is 1. The maximum atomic E-state index is 11.4. The Kier molecular flexibility index (Phi) is 2.79. The van der Waals surface area contributed by atoms with E-state index in [1.807, 2.05) is 18.2 Å². The van der Waals surface area contributed by atoms with E-state index in [0.29, 0.717) is 12.1 Å². The van der Waals surface area contributed by atoms with Gasteiger partial charge in [-0.1, -0.05) is 12.1 Å². The Morgan fingerprint density at radius 3 is 2.62 bits per heavy atom. The molecular formula is C12H9N3O. The fourth-order valence-corrected chi connectivity index (χ4v) is 1.36. The molecule has 0 N–H and O–H groups in total. The molecule has 0 saturated carbocycles. The van der Waals surface area contributed by atoms with Crippen LogP contribution in [0.3, 0.4) is 0 Å². The minimum absolute atomic E-state index is 0.133. The van der Waals surface area contributed by atoms with Crippen LogP contribution in [0, 0.1) is 11.3 Å². The lowest BCUT2D eigenvalue weighted by Gasteiger charge is -2.03. The Morgan fingerprint density at radius 1 is 1.25 bits per heavy atom. The van der Waals surface area contributed by atoms with Crippen molar-refractivity contribution in [3.63, 3.8) is 0 Å². The van der Waals surface area contributed by atoms with Gasteiger partial charge in [0.25, 0.3) is 5.56 Å². The summed E-state index contributed by atoms with van der Waals surface area (Å²) in [6.45, 7) is 0.422. The highest BCUT2D eigenvalue weighted by Gasteiger charge is 1.98. The molecule has 2 aromatic rings. The number of hydrogen-bond donors (Lipinski definition) is 0. The number of hydrogen-bond acceptors (Lipinski definition) is 3. The molecule has 0 bridgehead atoms. The van der Waals surface area contributed by atoms with Crippen LogP contribution in [-0.2, 0) is 6.54 Å². The molecule has 1 aromatic carbocycles. The van der Waals surface area contributed by atoms with Gasteiger partial charge in [-0.2, -0.15) is 10.4 Å². The molecule has 1 aromatic heterocycles. The first-order chi connectivity index (χ1) is 7.79. The molecule has 4 nitrogen and oxygen atoms in total. The van der Waals surface area contributed by atoms with Crippen LogP contribution in [0.4, 0.5) is 0 Å². The van der Waals surface area contributed by atoms with Crippen LogP contribution in [0.15, 0.2) is 47.4 Å². The summed E-state index contributed by atoms with van der Waals surface area (Å²) in [5.74, 6) is 0. The van der Waals surface area contributed by atoms with Crippen LogP contribution in [0.1, 0.15) is 11.1 Å². The molecule has 4 heteroatoms. The van der Waals surface area contributed by atoms with Gasteiger partial charge >= 0.3 is 0 Å². The second-order valence-electron chi connectivity index (χ2n) is 3.33. The van der Waals surface area contributed by atoms with Crippen molar-refractivity contribution in [1.82, 2.24) is 9.78 Å². The molecule has 0 unspecified atom stereocenters. The van der Waals surface area contributed by atoms with E-state index in [-0.39, 0.29) is 5.56 Å². The number of aromatic nitrogens is 2. The van der Waals surface area contributed by atoms with Crippen LogP contribution in [0.5, 0.6) is 0 Å². The third kappa shape index (κ3) is 2.15. The van der Waals surface area contributed by atoms with Crippen molar-refractivity contribution in [3.8, 4) is 6.07 Å². The molecule has 78 valence electrons. The number of nitrogens with zero attached hydrogens (tertiary/aromatic N) is 3. The zero-order chi connectivity index (χ0) is 11.4. The van der Waals surface area contributed by atoms with Crippen molar-refractivity contribution >= 4 is 0 Å². The lowest BCUT2D eigenvalue weighted by molar-refractivity contribution is 0.639. The predicted octanol–water partition coefficient (Wildman–Crippen LogP) is 1.16. The fraction of sp³-hybridized carbons (Fsp3) is 0.0833. The third-order valence-electron chi connectivity index (χ3n) is 2.20. The summed E-state index contributed by atoms with van der Waals surface area (Å²) in [7, 11) is 0. The normalized spacial score (nSPS) is 9.69. The highest BCUT2D eigenvalue weighted by atomic mass is 16.1. The van der Waals surface area contributed by atoms with Gasteiger partial charge in [-0.15, -0.1) is 0 Å². The average Bonchev–Trinajstić information content (AvgIpc) is 2.33. The van der Waals surface area contributed by atoms with Crippen molar-refractivity contribution < 1.29 is 0 Å². The van der Waals surface area contributed by atoms with Gasteiger partial charge in [0.15, 0.2) is 0 Å². The lowest BCUT2D eigenvalue weighted by Crippen LogP contribution is -2.21. The van der Waals surface area contributed by atoms with E-state index >= 15 is 0 Å². The molecule has 0 saturated heterocycles. The minimum atomic E-state index is -0.133. The molecule has 0 aliphatic rings. The van der Waals surface area contributed by atoms with E-state index in [1.54, 1.807) is 24.4 Å². The van der Waals surface area contributed by atoms with Gasteiger partial charge in [0, 0.05) is 12.3 Å². The molecular weight excluding hydrogens is 202 g/mol. The van der Waals surface area contributed by atoms with Crippen LogP contribution in [0.2, 0.25) is 0 Å². The average molecular weight is 211 g/mol. The highest BCUT2D eigenvalue weighted by molar-refractivity contribution is 5.31. The van der Waals surface area contributed by atoms with Gasteiger partial charge in [-0.3, -0.25) is 4.79 Å². The van der Waals surface area contributed by atoms with Crippen LogP contribution in [-0.4, -0.2) is 9.78 Å². The molecule has 16 heavy (non-hydrogen) atoms. The Morgan fingerprint density at radius 2 is 2.00 bits per heavy atom. The summed E-state index contributed by atoms with van der Waals surface area (Å²) in [6.07, 6.45) is 1.57. The highest BCUT2D eigenvalue weighted by Crippen LogP contribution is 2.03. The quantitative estimate of drug-likeness (QED) is 0.749. The summed E-state index contributed by atoms with van der Waals surface area (Å²) in [6, 6.07) is 12.2. The van der Waals surface area contributed by atoms with E-state index in [9.17, 15) is 4.79 Å². The Labute approximate surface area is 92.4 Å². The molecule has 0 spiro atoms. The van der Waals surface area contributed by atoms with Crippen molar-refractivity contribution in [2.24, 2.45) is 0 Å². The molecule has 0 aliphatic carbocycles. The standard InChI is InChI=1S/C12H9N3O/c13-8-10-3-5-11(6-4-10)9-15-12(16)2-1-7-14-15/h1-7H,9H2. The molecule has 0 amide bonds. The monoisotopic (exact) mass is 211 g/mol. The maximum absolute atomic E-state index is 11.4. The first-order valence-electron chi connectivity index (χ1n) is 4.81. The van der Waals surface area contributed by atoms with Crippen LogP contribution >= 0.6 is 0 Å². The Balaban J connectivity index is 2.25. The summed E-state index contributed by atoms with van der Waals surface area (Å²) in [5.41, 5.74) is 1.42. The minimum Gasteiger partial charge on any atom is -0.268 e. The molecule has 0 radical (unpaired) electrons. The zero-order valence-electron chi connectivity index (χ0n) is 8.50. The van der Waals surface area contributed by atoms with Gasteiger partial charge in [-0.05, 0) is 23.8 Å². The summed E-state index contributed by atoms with van der Waals surface area (Å²) in [5, 5.41) is 12.6. The first-order valence-corrected chi connectivity index (χ1v) is 4.81. The summed E-state index contributed by atoms with van der Waals surface area (Å²) >= 11 is 0. The van der Waals surface area contributed by atoms with Crippen molar-refractivity contribution in [2.75, 3.05) is 0 Å². The zero-order valence-corrected chi connectivity index (χ0v) is 8.50. The summed E-state index contributed by atoms with van der Waals surface area (Å²) < 4.78 is 1.38. The van der Waals surface area contributed by atoms with E-state index in [2.05, 4.69) is 5.10 Å². The smallest absolute Gasteiger partial charge is 0.267 e. The van der Waals surface area contributed by atoms with Crippen LogP contribution in [0.25, 0.3) is 0 Å². The van der Waals surface area contributed by atoms with Crippen molar-refractivity contribution in [2.45, 2.75) is 6.54 Å². The van der Waals surface area contributed by atoms with E-state index < -0.39 is 0 Å². The SMILES string of the molecule is N#Cc1ccc(Cn2ncccc2=O)cc1. The Bertz CT molecular complexity index is 578. The second kappa shape index (κ2) is 4.41. The Hall–Kier alpha value is -2.41.